The predicted molar refractivity (Wildman–Crippen MR) is 97.1 cm³/mol. The molecule has 0 saturated carbocycles. The van der Waals surface area contributed by atoms with E-state index in [1.165, 1.54) is 12.1 Å². The van der Waals surface area contributed by atoms with E-state index in [1.54, 1.807) is 30.3 Å². The van der Waals surface area contributed by atoms with Crippen LogP contribution in [0.3, 0.4) is 0 Å². The van der Waals surface area contributed by atoms with E-state index >= 15 is 0 Å². The summed E-state index contributed by atoms with van der Waals surface area (Å²) in [5, 5.41) is 19.8. The summed E-state index contributed by atoms with van der Waals surface area (Å²) in [6.45, 7) is 4.05. The second-order valence-electron chi connectivity index (χ2n) is 6.47. The number of phenols is 2. The summed E-state index contributed by atoms with van der Waals surface area (Å²) >= 11 is 0. The van der Waals surface area contributed by atoms with Crippen LogP contribution in [0.25, 0.3) is 5.76 Å². The third kappa shape index (κ3) is 1.74. The fraction of sp³-hybridized carbons (Fsp3) is 0.0476. The van der Waals surface area contributed by atoms with Crippen molar-refractivity contribution in [3.8, 4) is 23.0 Å². The number of fused-ring (bicyclic) bond motifs is 6. The van der Waals surface area contributed by atoms with Crippen molar-refractivity contribution in [2.75, 3.05) is 5.73 Å². The molecule has 26 heavy (non-hydrogen) atoms. The van der Waals surface area contributed by atoms with E-state index in [9.17, 15) is 10.2 Å². The van der Waals surface area contributed by atoms with Crippen LogP contribution in [0.4, 0.5) is 5.69 Å². The Morgan fingerprint density at radius 1 is 0.808 bits per heavy atom. The van der Waals surface area contributed by atoms with Gasteiger partial charge in [0.1, 0.15) is 28.8 Å². The van der Waals surface area contributed by atoms with Gasteiger partial charge in [0.2, 0.25) is 0 Å². The minimum atomic E-state index is -1.01. The van der Waals surface area contributed by atoms with Crippen LogP contribution in [0.2, 0.25) is 0 Å². The van der Waals surface area contributed by atoms with Gasteiger partial charge in [0.25, 0.3) is 0 Å². The van der Waals surface area contributed by atoms with E-state index in [1.807, 2.05) is 12.1 Å². The van der Waals surface area contributed by atoms with E-state index in [2.05, 4.69) is 6.58 Å². The zero-order chi connectivity index (χ0) is 18.1. The van der Waals surface area contributed by atoms with Crippen molar-refractivity contribution in [3.63, 3.8) is 0 Å². The number of ether oxygens (including phenoxy) is 2. The molecule has 2 heterocycles. The summed E-state index contributed by atoms with van der Waals surface area (Å²) in [6.07, 6.45) is 0. The Hall–Kier alpha value is -3.60. The van der Waals surface area contributed by atoms with E-state index in [-0.39, 0.29) is 11.5 Å². The molecule has 2 aliphatic heterocycles. The molecule has 1 spiro atoms. The zero-order valence-corrected chi connectivity index (χ0v) is 13.7. The molecule has 0 saturated heterocycles. The van der Waals surface area contributed by atoms with Crippen LogP contribution in [0.15, 0.2) is 61.2 Å². The summed E-state index contributed by atoms with van der Waals surface area (Å²) in [5.74, 6) is 1.58. The molecule has 0 radical (unpaired) electrons. The quantitative estimate of drug-likeness (QED) is 0.535. The molecule has 5 heteroatoms. The second kappa shape index (κ2) is 4.73. The Labute approximate surface area is 149 Å². The van der Waals surface area contributed by atoms with Crippen LogP contribution >= 0.6 is 0 Å². The van der Waals surface area contributed by atoms with Crippen molar-refractivity contribution in [2.24, 2.45) is 0 Å². The molecule has 2 aliphatic rings. The van der Waals surface area contributed by atoms with Gasteiger partial charge in [0.15, 0.2) is 5.60 Å². The number of rotatable bonds is 0. The van der Waals surface area contributed by atoms with Crippen molar-refractivity contribution >= 4 is 11.4 Å². The first kappa shape index (κ1) is 14.7. The monoisotopic (exact) mass is 345 g/mol. The van der Waals surface area contributed by atoms with Gasteiger partial charge in [-0.1, -0.05) is 6.58 Å². The van der Waals surface area contributed by atoms with E-state index in [4.69, 9.17) is 15.2 Å². The van der Waals surface area contributed by atoms with Gasteiger partial charge < -0.3 is 25.4 Å². The Morgan fingerprint density at radius 3 is 2.04 bits per heavy atom. The van der Waals surface area contributed by atoms with Crippen molar-refractivity contribution in [2.45, 2.75) is 5.60 Å². The molecular formula is C21H15NO4. The number of benzene rings is 3. The maximum Gasteiger partial charge on any atom is 0.192 e. The van der Waals surface area contributed by atoms with Gasteiger partial charge >= 0.3 is 0 Å². The lowest BCUT2D eigenvalue weighted by Crippen LogP contribution is -2.32. The molecule has 0 aromatic heterocycles. The van der Waals surface area contributed by atoms with Gasteiger partial charge in [-0.2, -0.15) is 0 Å². The molecule has 128 valence electrons. The molecule has 0 fully saturated rings. The standard InChI is InChI=1S/C21H15NO4/c1-11-15-5-2-12(22)8-18(15)21(26-11)16-6-3-13(23)9-19(16)25-20-10-14(24)4-7-17(20)21/h2-10,23-24H,1,22H2. The number of phenolic OH excluding ortho intramolecular Hbond substituents is 2. The summed E-state index contributed by atoms with van der Waals surface area (Å²) in [5.41, 5.74) is 8.84. The Balaban J connectivity index is 1.92. The zero-order valence-electron chi connectivity index (χ0n) is 13.7. The lowest BCUT2D eigenvalue weighted by molar-refractivity contribution is 0.125. The van der Waals surface area contributed by atoms with Crippen molar-refractivity contribution in [3.05, 3.63) is 83.4 Å². The maximum atomic E-state index is 9.91. The number of anilines is 1. The van der Waals surface area contributed by atoms with E-state index in [0.717, 1.165) is 22.3 Å². The van der Waals surface area contributed by atoms with Crippen molar-refractivity contribution < 1.29 is 19.7 Å². The molecular weight excluding hydrogens is 330 g/mol. The van der Waals surface area contributed by atoms with E-state index in [0.29, 0.717) is 22.9 Å². The first-order chi connectivity index (χ1) is 12.5. The molecule has 0 unspecified atom stereocenters. The maximum absolute atomic E-state index is 9.91. The summed E-state index contributed by atoms with van der Waals surface area (Å²) in [6, 6.07) is 15.3. The average Bonchev–Trinajstić information content (AvgIpc) is 2.87. The lowest BCUT2D eigenvalue weighted by Gasteiger charge is -2.37. The van der Waals surface area contributed by atoms with Crippen LogP contribution in [0, 0.1) is 0 Å². The molecule has 5 rings (SSSR count). The first-order valence-corrected chi connectivity index (χ1v) is 8.12. The highest BCUT2D eigenvalue weighted by Gasteiger charge is 2.51. The van der Waals surface area contributed by atoms with Crippen LogP contribution in [0.1, 0.15) is 22.3 Å². The van der Waals surface area contributed by atoms with Crippen LogP contribution in [-0.2, 0) is 10.3 Å². The molecule has 3 aromatic rings. The number of aromatic hydroxyl groups is 2. The van der Waals surface area contributed by atoms with Crippen molar-refractivity contribution in [1.29, 1.82) is 0 Å². The minimum Gasteiger partial charge on any atom is -0.508 e. The molecule has 0 bridgehead atoms. The predicted octanol–water partition coefficient (Wildman–Crippen LogP) is 4.08. The van der Waals surface area contributed by atoms with Gasteiger partial charge in [0.05, 0.1) is 0 Å². The topological polar surface area (TPSA) is 84.9 Å². The molecule has 3 aromatic carbocycles. The SMILES string of the molecule is C=C1OC2(c3ccc(O)cc3Oc3cc(O)ccc32)c2cc(N)ccc21. The third-order valence-electron chi connectivity index (χ3n) is 4.91. The Morgan fingerprint density at radius 2 is 1.42 bits per heavy atom. The normalized spacial score (nSPS) is 15.6. The molecule has 5 nitrogen and oxygen atoms in total. The molecule has 0 amide bonds. The summed E-state index contributed by atoms with van der Waals surface area (Å²) in [4.78, 5) is 0. The van der Waals surface area contributed by atoms with Gasteiger partial charge in [-0.3, -0.25) is 0 Å². The Bertz CT molecular complexity index is 1050. The van der Waals surface area contributed by atoms with Crippen molar-refractivity contribution in [1.82, 2.24) is 0 Å². The molecule has 4 N–H and O–H groups in total. The number of hydrogen-bond donors (Lipinski definition) is 3. The molecule has 0 aliphatic carbocycles. The first-order valence-electron chi connectivity index (χ1n) is 8.12. The van der Waals surface area contributed by atoms with E-state index < -0.39 is 5.60 Å². The van der Waals surface area contributed by atoms with Gasteiger partial charge in [-0.05, 0) is 42.5 Å². The fourth-order valence-electron chi connectivity index (χ4n) is 3.83. The van der Waals surface area contributed by atoms with Gasteiger partial charge in [0, 0.05) is 40.1 Å². The largest absolute Gasteiger partial charge is 0.508 e. The highest BCUT2D eigenvalue weighted by Crippen LogP contribution is 2.59. The highest BCUT2D eigenvalue weighted by molar-refractivity contribution is 5.77. The smallest absolute Gasteiger partial charge is 0.192 e. The summed E-state index contributed by atoms with van der Waals surface area (Å²) in [7, 11) is 0. The lowest BCUT2D eigenvalue weighted by atomic mass is 9.77. The number of nitrogen functional groups attached to an aromatic ring is 1. The average molecular weight is 345 g/mol. The second-order valence-corrected chi connectivity index (χ2v) is 6.47. The third-order valence-corrected chi connectivity index (χ3v) is 4.91. The van der Waals surface area contributed by atoms with Crippen LogP contribution in [0.5, 0.6) is 23.0 Å². The highest BCUT2D eigenvalue weighted by atomic mass is 16.5. The minimum absolute atomic E-state index is 0.0760. The van der Waals surface area contributed by atoms with Crippen LogP contribution < -0.4 is 10.5 Å². The van der Waals surface area contributed by atoms with Gasteiger partial charge in [-0.25, -0.2) is 0 Å². The molecule has 0 atom stereocenters. The van der Waals surface area contributed by atoms with Gasteiger partial charge in [-0.15, -0.1) is 0 Å². The summed E-state index contributed by atoms with van der Waals surface area (Å²) < 4.78 is 12.3. The number of hydrogen-bond acceptors (Lipinski definition) is 5. The van der Waals surface area contributed by atoms with Crippen LogP contribution in [-0.4, -0.2) is 10.2 Å². The fourth-order valence-corrected chi connectivity index (χ4v) is 3.83. The Kier molecular flexibility index (Phi) is 2.68. The number of nitrogens with two attached hydrogens (primary N) is 1.